The van der Waals surface area contributed by atoms with Gasteiger partial charge in [0.2, 0.25) is 0 Å². The summed E-state index contributed by atoms with van der Waals surface area (Å²) in [5.74, 6) is -0.879. The van der Waals surface area contributed by atoms with Crippen molar-refractivity contribution in [2.75, 3.05) is 0 Å². The van der Waals surface area contributed by atoms with Crippen molar-refractivity contribution < 1.29 is 12.8 Å². The van der Waals surface area contributed by atoms with Crippen molar-refractivity contribution in [3.8, 4) is 0 Å². The van der Waals surface area contributed by atoms with Gasteiger partial charge >= 0.3 is 54.9 Å². The molecule has 10 heavy (non-hydrogen) atoms. The first-order valence-electron chi connectivity index (χ1n) is 2.59. The Labute approximate surface area is 102 Å². The van der Waals surface area contributed by atoms with Crippen LogP contribution in [0.3, 0.4) is 0 Å². The van der Waals surface area contributed by atoms with Gasteiger partial charge < -0.3 is 7.96 Å². The molecule has 1 N–H and O–H groups in total. The molecule has 50 valence electrons. The van der Waals surface area contributed by atoms with E-state index >= 15 is 0 Å². The Morgan fingerprint density at radius 1 is 1.30 bits per heavy atom. The maximum atomic E-state index is 10.2. The third-order valence-electron chi connectivity index (χ3n) is 1.02. The molecule has 0 spiro atoms. The zero-order valence-corrected chi connectivity index (χ0v) is 9.89. The molecule has 0 aliphatic rings. The summed E-state index contributed by atoms with van der Waals surface area (Å²) in [5.41, 5.74) is 0.331. The Morgan fingerprint density at radius 2 is 1.80 bits per heavy atom. The van der Waals surface area contributed by atoms with Crippen LogP contribution in [-0.2, 0) is 0 Å². The Kier molecular flexibility index (Phi) is 5.11. The van der Waals surface area contributed by atoms with E-state index in [9.17, 15) is 4.79 Å². The number of aromatic carboxylic acids is 1. The number of benzene rings is 1. The molecule has 0 aliphatic heterocycles. The Morgan fingerprint density at radius 3 is 2.10 bits per heavy atom. The van der Waals surface area contributed by atoms with Gasteiger partial charge in [-0.2, -0.15) is 0 Å². The first kappa shape index (κ1) is 10.3. The van der Waals surface area contributed by atoms with Gasteiger partial charge in [-0.05, 0) is 12.1 Å². The molecule has 2 nitrogen and oxygen atoms in total. The number of carboxylic acid groups (broad SMARTS) is 1. The average molecular weight is 261 g/mol. The van der Waals surface area contributed by atoms with Crippen LogP contribution in [-0.4, -0.2) is 60.0 Å². The number of hydrogen-bond acceptors (Lipinski definition) is 1. The van der Waals surface area contributed by atoms with E-state index in [4.69, 9.17) is 5.11 Å². The summed E-state index contributed by atoms with van der Waals surface area (Å²) < 4.78 is 0. The average Bonchev–Trinajstić information content (AvgIpc) is 1.90. The molecule has 0 saturated heterocycles. The molecule has 0 aromatic heterocycles. The van der Waals surface area contributed by atoms with Gasteiger partial charge in [-0.25, -0.2) is 4.79 Å². The van der Waals surface area contributed by atoms with Crippen LogP contribution in [0.5, 0.6) is 0 Å². The Bertz CT molecular complexity index is 216. The molecular weight excluding hydrogens is 253 g/mol. The zero-order chi connectivity index (χ0) is 6.69. The molecule has 0 amide bonds. The Hall–Kier alpha value is 0.261. The van der Waals surface area contributed by atoms with E-state index < -0.39 is 5.97 Å². The van der Waals surface area contributed by atoms with Crippen LogP contribution >= 0.6 is 0 Å². The van der Waals surface area contributed by atoms with E-state index in [2.05, 4.69) is 0 Å². The first-order valence-corrected chi connectivity index (χ1v) is 2.59. The van der Waals surface area contributed by atoms with Crippen LogP contribution < -0.4 is 0 Å². The number of carbonyl (C=O) groups is 1. The topological polar surface area (TPSA) is 37.3 Å². The minimum atomic E-state index is -0.879. The van der Waals surface area contributed by atoms with Crippen LogP contribution in [0.25, 0.3) is 0 Å². The predicted octanol–water partition coefficient (Wildman–Crippen LogP) is 1.23. The molecule has 0 heterocycles. The van der Waals surface area contributed by atoms with E-state index in [1.807, 2.05) is 0 Å². The van der Waals surface area contributed by atoms with Crippen molar-refractivity contribution >= 4 is 54.9 Å². The van der Waals surface area contributed by atoms with Gasteiger partial charge in [-0.1, -0.05) is 18.2 Å². The van der Waals surface area contributed by atoms with Crippen molar-refractivity contribution in [3.05, 3.63) is 35.9 Å². The predicted molar refractivity (Wildman–Crippen MR) is 41.4 cm³/mol. The van der Waals surface area contributed by atoms with Gasteiger partial charge in [0.05, 0.1) is 5.56 Å². The quantitative estimate of drug-likeness (QED) is 0.772. The van der Waals surface area contributed by atoms with Crippen molar-refractivity contribution in [3.63, 3.8) is 0 Å². The van der Waals surface area contributed by atoms with E-state index in [1.54, 1.807) is 30.3 Å². The van der Waals surface area contributed by atoms with Crippen molar-refractivity contribution in [2.45, 2.75) is 0 Å². The monoisotopic (exact) mass is 262 g/mol. The second-order valence-electron chi connectivity index (χ2n) is 1.67. The molecule has 0 aliphatic carbocycles. The fraction of sp³-hybridized carbons (Fsp3) is 0. The van der Waals surface area contributed by atoms with Crippen LogP contribution in [0.4, 0.5) is 0 Å². The van der Waals surface area contributed by atoms with Gasteiger partial charge in [0.1, 0.15) is 0 Å². The molecule has 0 unspecified atom stereocenters. The summed E-state index contributed by atoms with van der Waals surface area (Å²) in [6.45, 7) is 0. The van der Waals surface area contributed by atoms with Gasteiger partial charge in [0.25, 0.3) is 0 Å². The fourth-order valence-electron chi connectivity index (χ4n) is 0.581. The van der Waals surface area contributed by atoms with E-state index in [0.717, 1.165) is 0 Å². The zero-order valence-electron chi connectivity index (χ0n) is 7.45. The molecule has 3 heteroatoms. The third-order valence-corrected chi connectivity index (χ3v) is 1.02. The molecule has 0 bridgehead atoms. The number of rotatable bonds is 1. The smallest absolute Gasteiger partial charge is 1.00 e. The van der Waals surface area contributed by atoms with Crippen molar-refractivity contribution in [2.24, 2.45) is 0 Å². The summed E-state index contributed by atoms with van der Waals surface area (Å²) >= 11 is 0. The third kappa shape index (κ3) is 2.90. The van der Waals surface area contributed by atoms with E-state index in [1.165, 1.54) is 0 Å². The van der Waals surface area contributed by atoms with Crippen LogP contribution in [0.2, 0.25) is 0 Å². The Balaban J connectivity index is -0.000000270. The van der Waals surface area contributed by atoms with E-state index in [0.29, 0.717) is 5.56 Å². The van der Waals surface area contributed by atoms with Crippen LogP contribution in [0, 0.1) is 0 Å². The maximum absolute atomic E-state index is 10.2. The standard InChI is InChI=1S/C7H6O2.Ba.2H/c8-7(9)6-4-2-1-3-5-6;;;/h1-5H,(H,8,9);;;/q;+2;2*-1. The molecule has 1 rings (SSSR count). The second kappa shape index (κ2) is 4.98. The van der Waals surface area contributed by atoms with Gasteiger partial charge in [-0.3, -0.25) is 0 Å². The van der Waals surface area contributed by atoms with Crippen molar-refractivity contribution in [1.29, 1.82) is 0 Å². The molecule has 0 fully saturated rings. The molecule has 1 aromatic rings. The second-order valence-corrected chi connectivity index (χ2v) is 1.67. The van der Waals surface area contributed by atoms with E-state index in [-0.39, 0.29) is 51.7 Å². The number of carboxylic acids is 1. The summed E-state index contributed by atoms with van der Waals surface area (Å²) in [6, 6.07) is 8.30. The van der Waals surface area contributed by atoms with Gasteiger partial charge in [0.15, 0.2) is 0 Å². The van der Waals surface area contributed by atoms with Gasteiger partial charge in [0, 0.05) is 0 Å². The summed E-state index contributed by atoms with van der Waals surface area (Å²) in [5, 5.41) is 8.38. The number of hydrogen-bond donors (Lipinski definition) is 1. The maximum Gasteiger partial charge on any atom is 2.00 e. The summed E-state index contributed by atoms with van der Waals surface area (Å²) in [7, 11) is 0. The van der Waals surface area contributed by atoms with Crippen molar-refractivity contribution in [1.82, 2.24) is 0 Å². The fourth-order valence-corrected chi connectivity index (χ4v) is 0.581. The summed E-state index contributed by atoms with van der Waals surface area (Å²) in [4.78, 5) is 10.2. The van der Waals surface area contributed by atoms with Gasteiger partial charge in [-0.15, -0.1) is 0 Å². The van der Waals surface area contributed by atoms with Crippen LogP contribution in [0.15, 0.2) is 30.3 Å². The molecular formula is C7H8BaO2. The SMILES string of the molecule is O=C(O)c1ccccc1.[Ba+2].[H-].[H-]. The minimum absolute atomic E-state index is 0. The minimum Gasteiger partial charge on any atom is -1.00 e. The van der Waals surface area contributed by atoms with Crippen LogP contribution in [0.1, 0.15) is 13.2 Å². The molecule has 0 radical (unpaired) electrons. The summed E-state index contributed by atoms with van der Waals surface area (Å²) in [6.07, 6.45) is 0. The molecule has 0 saturated carbocycles. The molecule has 0 atom stereocenters. The largest absolute Gasteiger partial charge is 2.00 e. The first-order chi connectivity index (χ1) is 4.30. The molecule has 1 aromatic carbocycles. The normalized spacial score (nSPS) is 8.00.